The van der Waals surface area contributed by atoms with Crippen molar-refractivity contribution in [1.29, 1.82) is 0 Å². The zero-order valence-corrected chi connectivity index (χ0v) is 9.21. The van der Waals surface area contributed by atoms with Crippen LogP contribution in [-0.2, 0) is 14.3 Å². The molecule has 0 bridgehead atoms. The standard InChI is InChI=1S/C12H16O3/c1-14-8-9-4-3-6-12(9)7-5-10(15-2)11(12)13/h4-5H,3,6-8H2,1-2H3. The minimum absolute atomic E-state index is 0.130. The van der Waals surface area contributed by atoms with Crippen LogP contribution in [-0.4, -0.2) is 26.6 Å². The molecule has 1 spiro atoms. The summed E-state index contributed by atoms with van der Waals surface area (Å²) >= 11 is 0. The van der Waals surface area contributed by atoms with Gasteiger partial charge in [-0.25, -0.2) is 0 Å². The van der Waals surface area contributed by atoms with Gasteiger partial charge in [0.2, 0.25) is 5.78 Å². The third-order valence-electron chi connectivity index (χ3n) is 3.39. The first-order valence-electron chi connectivity index (χ1n) is 5.22. The average molecular weight is 208 g/mol. The zero-order valence-electron chi connectivity index (χ0n) is 9.21. The summed E-state index contributed by atoms with van der Waals surface area (Å²) in [6, 6.07) is 0. The maximum Gasteiger partial charge on any atom is 0.207 e. The van der Waals surface area contributed by atoms with E-state index in [4.69, 9.17) is 9.47 Å². The summed E-state index contributed by atoms with van der Waals surface area (Å²) in [6.45, 7) is 0.552. The molecule has 0 heterocycles. The van der Waals surface area contributed by atoms with Gasteiger partial charge in [-0.1, -0.05) is 6.08 Å². The van der Waals surface area contributed by atoms with E-state index in [0.717, 1.165) is 24.8 Å². The Labute approximate surface area is 89.8 Å². The number of rotatable bonds is 3. The quantitative estimate of drug-likeness (QED) is 0.664. The fourth-order valence-electron chi connectivity index (χ4n) is 2.56. The second kappa shape index (κ2) is 3.81. The molecule has 0 saturated carbocycles. The first kappa shape index (κ1) is 10.4. The van der Waals surface area contributed by atoms with Crippen LogP contribution in [0, 0.1) is 5.41 Å². The number of ketones is 1. The Morgan fingerprint density at radius 3 is 2.80 bits per heavy atom. The molecular weight excluding hydrogens is 192 g/mol. The van der Waals surface area contributed by atoms with Gasteiger partial charge in [0, 0.05) is 7.11 Å². The molecule has 3 nitrogen and oxygen atoms in total. The Morgan fingerprint density at radius 1 is 1.40 bits per heavy atom. The number of ether oxygens (including phenoxy) is 2. The van der Waals surface area contributed by atoms with E-state index in [1.807, 2.05) is 6.08 Å². The van der Waals surface area contributed by atoms with E-state index in [0.29, 0.717) is 12.4 Å². The van der Waals surface area contributed by atoms with Crippen LogP contribution in [0.1, 0.15) is 19.3 Å². The van der Waals surface area contributed by atoms with Gasteiger partial charge in [0.15, 0.2) is 5.76 Å². The summed E-state index contributed by atoms with van der Waals surface area (Å²) in [5, 5.41) is 0. The molecule has 0 aromatic rings. The Bertz CT molecular complexity index is 337. The van der Waals surface area contributed by atoms with Gasteiger partial charge in [0.05, 0.1) is 19.1 Å². The van der Waals surface area contributed by atoms with Crippen LogP contribution in [0.2, 0.25) is 0 Å². The maximum absolute atomic E-state index is 12.2. The predicted octanol–water partition coefficient (Wildman–Crippen LogP) is 1.84. The van der Waals surface area contributed by atoms with Gasteiger partial charge in [-0.2, -0.15) is 0 Å². The Morgan fingerprint density at radius 2 is 2.20 bits per heavy atom. The molecule has 0 aliphatic heterocycles. The minimum Gasteiger partial charge on any atom is -0.493 e. The highest BCUT2D eigenvalue weighted by molar-refractivity contribution is 6.03. The van der Waals surface area contributed by atoms with Gasteiger partial charge in [-0.3, -0.25) is 4.79 Å². The predicted molar refractivity (Wildman–Crippen MR) is 56.3 cm³/mol. The lowest BCUT2D eigenvalue weighted by Crippen LogP contribution is -2.29. The summed E-state index contributed by atoms with van der Waals surface area (Å²) in [6.07, 6.45) is 6.67. The molecule has 2 rings (SSSR count). The summed E-state index contributed by atoms with van der Waals surface area (Å²) in [5.41, 5.74) is 0.791. The van der Waals surface area contributed by atoms with Crippen molar-refractivity contribution >= 4 is 5.78 Å². The second-order valence-corrected chi connectivity index (χ2v) is 4.09. The monoisotopic (exact) mass is 208 g/mol. The molecule has 0 N–H and O–H groups in total. The molecule has 0 amide bonds. The Hall–Kier alpha value is -1.09. The molecule has 0 aromatic heterocycles. The molecule has 82 valence electrons. The maximum atomic E-state index is 12.2. The van der Waals surface area contributed by atoms with Crippen molar-refractivity contribution in [2.45, 2.75) is 19.3 Å². The molecule has 0 fully saturated rings. The van der Waals surface area contributed by atoms with Crippen LogP contribution in [0.4, 0.5) is 0 Å². The van der Waals surface area contributed by atoms with Crippen molar-refractivity contribution in [3.05, 3.63) is 23.5 Å². The van der Waals surface area contributed by atoms with E-state index >= 15 is 0 Å². The third kappa shape index (κ3) is 1.42. The fraction of sp³-hybridized carbons (Fsp3) is 0.583. The van der Waals surface area contributed by atoms with Crippen molar-refractivity contribution in [3.63, 3.8) is 0 Å². The van der Waals surface area contributed by atoms with Gasteiger partial charge in [0.1, 0.15) is 0 Å². The summed E-state index contributed by atoms with van der Waals surface area (Å²) in [5.74, 6) is 0.643. The molecule has 0 saturated heterocycles. The molecule has 1 unspecified atom stereocenters. The lowest BCUT2D eigenvalue weighted by molar-refractivity contribution is -0.124. The SMILES string of the molecule is COCC1=CCCC12CC=C(OC)C2=O. The molecule has 1 atom stereocenters. The molecule has 2 aliphatic carbocycles. The first-order valence-corrected chi connectivity index (χ1v) is 5.22. The largest absolute Gasteiger partial charge is 0.493 e. The molecule has 0 aromatic carbocycles. The highest BCUT2D eigenvalue weighted by Crippen LogP contribution is 2.48. The Kier molecular flexibility index (Phi) is 2.65. The van der Waals surface area contributed by atoms with Crippen molar-refractivity contribution in [2.75, 3.05) is 20.8 Å². The van der Waals surface area contributed by atoms with Crippen LogP contribution in [0.3, 0.4) is 0 Å². The Balaban J connectivity index is 2.23. The number of methoxy groups -OCH3 is 2. The van der Waals surface area contributed by atoms with Gasteiger partial charge in [-0.05, 0) is 30.9 Å². The van der Waals surface area contributed by atoms with Crippen molar-refractivity contribution in [2.24, 2.45) is 5.41 Å². The summed E-state index contributed by atoms with van der Waals surface area (Å²) in [7, 11) is 3.22. The van der Waals surface area contributed by atoms with E-state index in [-0.39, 0.29) is 11.2 Å². The van der Waals surface area contributed by atoms with Gasteiger partial charge >= 0.3 is 0 Å². The lowest BCUT2D eigenvalue weighted by Gasteiger charge is -2.25. The average Bonchev–Trinajstić information content (AvgIpc) is 2.77. The van der Waals surface area contributed by atoms with Crippen LogP contribution in [0.15, 0.2) is 23.5 Å². The van der Waals surface area contributed by atoms with Gasteiger partial charge < -0.3 is 9.47 Å². The highest BCUT2D eigenvalue weighted by atomic mass is 16.5. The van der Waals surface area contributed by atoms with Crippen LogP contribution in [0.5, 0.6) is 0 Å². The molecule has 3 heteroatoms. The number of carbonyl (C=O) groups excluding carboxylic acids is 1. The van der Waals surface area contributed by atoms with E-state index in [1.54, 1.807) is 14.2 Å². The zero-order chi connectivity index (χ0) is 10.9. The van der Waals surface area contributed by atoms with E-state index in [2.05, 4.69) is 6.08 Å². The van der Waals surface area contributed by atoms with Crippen molar-refractivity contribution in [3.8, 4) is 0 Å². The lowest BCUT2D eigenvalue weighted by atomic mass is 9.78. The minimum atomic E-state index is -0.332. The normalized spacial score (nSPS) is 29.6. The van der Waals surface area contributed by atoms with Crippen molar-refractivity contribution < 1.29 is 14.3 Å². The van der Waals surface area contributed by atoms with Gasteiger partial charge in [0.25, 0.3) is 0 Å². The van der Waals surface area contributed by atoms with Crippen LogP contribution >= 0.6 is 0 Å². The van der Waals surface area contributed by atoms with E-state index < -0.39 is 0 Å². The van der Waals surface area contributed by atoms with Crippen molar-refractivity contribution in [1.82, 2.24) is 0 Å². The topological polar surface area (TPSA) is 35.5 Å². The number of carbonyl (C=O) groups is 1. The fourth-order valence-corrected chi connectivity index (χ4v) is 2.56. The number of hydrogen-bond acceptors (Lipinski definition) is 3. The van der Waals surface area contributed by atoms with Crippen LogP contribution < -0.4 is 0 Å². The van der Waals surface area contributed by atoms with Gasteiger partial charge in [-0.15, -0.1) is 0 Å². The second-order valence-electron chi connectivity index (χ2n) is 4.09. The third-order valence-corrected chi connectivity index (χ3v) is 3.39. The molecular formula is C12H16O3. The highest BCUT2D eigenvalue weighted by Gasteiger charge is 2.48. The first-order chi connectivity index (χ1) is 7.24. The molecule has 0 radical (unpaired) electrons. The molecule has 2 aliphatic rings. The number of Topliss-reactive ketones (excluding diaryl/α,β-unsaturated/α-hetero) is 1. The number of allylic oxidation sites excluding steroid dienone is 3. The smallest absolute Gasteiger partial charge is 0.207 e. The van der Waals surface area contributed by atoms with E-state index in [1.165, 1.54) is 0 Å². The molecule has 15 heavy (non-hydrogen) atoms. The summed E-state index contributed by atoms with van der Waals surface area (Å²) < 4.78 is 10.2. The van der Waals surface area contributed by atoms with Crippen LogP contribution in [0.25, 0.3) is 0 Å². The summed E-state index contributed by atoms with van der Waals surface area (Å²) in [4.78, 5) is 12.2. The van der Waals surface area contributed by atoms with E-state index in [9.17, 15) is 4.79 Å². The number of hydrogen-bond donors (Lipinski definition) is 0.